The van der Waals surface area contributed by atoms with Gasteiger partial charge < -0.3 is 4.42 Å². The Balaban J connectivity index is 2.17. The number of furan rings is 1. The first-order valence-electron chi connectivity index (χ1n) is 11.3. The molecule has 0 unspecified atom stereocenters. The SMILES string of the molecule is CCCCCCCCCC(=O)c1ccc(C(=O)CCCCCCCCC)o1. The molecule has 0 saturated heterocycles. The molecule has 0 spiro atoms. The topological polar surface area (TPSA) is 47.3 Å². The maximum absolute atomic E-state index is 12.2. The van der Waals surface area contributed by atoms with Gasteiger partial charge in [-0.1, -0.05) is 90.9 Å². The molecule has 3 nitrogen and oxygen atoms in total. The monoisotopic (exact) mass is 376 g/mol. The number of hydrogen-bond donors (Lipinski definition) is 0. The fourth-order valence-corrected chi connectivity index (χ4v) is 3.37. The van der Waals surface area contributed by atoms with Gasteiger partial charge in [0.25, 0.3) is 0 Å². The van der Waals surface area contributed by atoms with Crippen molar-refractivity contribution in [2.24, 2.45) is 0 Å². The maximum Gasteiger partial charge on any atom is 0.198 e. The van der Waals surface area contributed by atoms with Crippen molar-refractivity contribution < 1.29 is 14.0 Å². The quantitative estimate of drug-likeness (QED) is 0.193. The second-order valence-corrected chi connectivity index (χ2v) is 7.75. The van der Waals surface area contributed by atoms with E-state index in [1.807, 2.05) is 0 Å². The van der Waals surface area contributed by atoms with E-state index in [4.69, 9.17) is 4.42 Å². The minimum atomic E-state index is 0.0264. The molecule has 1 aromatic rings. The highest BCUT2D eigenvalue weighted by molar-refractivity contribution is 5.97. The van der Waals surface area contributed by atoms with Crippen LogP contribution < -0.4 is 0 Å². The molecule has 0 saturated carbocycles. The zero-order valence-corrected chi connectivity index (χ0v) is 17.7. The Morgan fingerprint density at radius 3 is 1.30 bits per heavy atom. The van der Waals surface area contributed by atoms with Crippen molar-refractivity contribution in [2.45, 2.75) is 117 Å². The van der Waals surface area contributed by atoms with Crippen molar-refractivity contribution in [3.05, 3.63) is 23.7 Å². The van der Waals surface area contributed by atoms with Crippen molar-refractivity contribution in [2.75, 3.05) is 0 Å². The smallest absolute Gasteiger partial charge is 0.198 e. The number of Topliss-reactive ketones (excluding diaryl/α,β-unsaturated/α-hetero) is 2. The number of carbonyl (C=O) groups excluding carboxylic acids is 2. The average molecular weight is 377 g/mol. The molecular formula is C24H40O3. The third kappa shape index (κ3) is 11.1. The molecule has 0 aliphatic rings. The van der Waals surface area contributed by atoms with Crippen LogP contribution in [-0.2, 0) is 0 Å². The molecule has 0 aromatic carbocycles. The molecule has 3 heteroatoms. The second kappa shape index (κ2) is 15.7. The Labute approximate surface area is 166 Å². The van der Waals surface area contributed by atoms with E-state index in [0.717, 1.165) is 25.7 Å². The van der Waals surface area contributed by atoms with E-state index in [-0.39, 0.29) is 11.6 Å². The number of unbranched alkanes of at least 4 members (excludes halogenated alkanes) is 12. The average Bonchev–Trinajstić information content (AvgIpc) is 3.16. The summed E-state index contributed by atoms with van der Waals surface area (Å²) in [6.45, 7) is 4.44. The van der Waals surface area contributed by atoms with E-state index in [1.54, 1.807) is 12.1 Å². The van der Waals surface area contributed by atoms with E-state index in [9.17, 15) is 9.59 Å². The van der Waals surface area contributed by atoms with Gasteiger partial charge in [-0.05, 0) is 25.0 Å². The summed E-state index contributed by atoms with van der Waals surface area (Å²) in [7, 11) is 0. The van der Waals surface area contributed by atoms with Gasteiger partial charge in [0.05, 0.1) is 0 Å². The zero-order valence-electron chi connectivity index (χ0n) is 17.7. The molecule has 27 heavy (non-hydrogen) atoms. The third-order valence-electron chi connectivity index (χ3n) is 5.17. The van der Waals surface area contributed by atoms with Crippen LogP contribution in [-0.4, -0.2) is 11.6 Å². The van der Waals surface area contributed by atoms with Gasteiger partial charge in [0.15, 0.2) is 23.1 Å². The first kappa shape index (κ1) is 23.7. The highest BCUT2D eigenvalue weighted by Crippen LogP contribution is 2.17. The predicted molar refractivity (Wildman–Crippen MR) is 113 cm³/mol. The standard InChI is InChI=1S/C24H40O3/c1-3-5-7-9-11-13-15-17-21(25)23-19-20-24(27-23)22(26)18-16-14-12-10-8-6-4-2/h19-20H,3-18H2,1-2H3. The van der Waals surface area contributed by atoms with Crippen LogP contribution in [0.2, 0.25) is 0 Å². The van der Waals surface area contributed by atoms with Gasteiger partial charge in [-0.3, -0.25) is 9.59 Å². The van der Waals surface area contributed by atoms with Crippen LogP contribution in [0.25, 0.3) is 0 Å². The lowest BCUT2D eigenvalue weighted by Gasteiger charge is -2.01. The van der Waals surface area contributed by atoms with Crippen LogP contribution in [0.3, 0.4) is 0 Å². The van der Waals surface area contributed by atoms with Crippen molar-refractivity contribution >= 4 is 11.6 Å². The largest absolute Gasteiger partial charge is 0.450 e. The van der Waals surface area contributed by atoms with Gasteiger partial charge in [0.1, 0.15) is 0 Å². The lowest BCUT2D eigenvalue weighted by Crippen LogP contribution is -1.99. The van der Waals surface area contributed by atoms with Gasteiger partial charge in [-0.2, -0.15) is 0 Å². The highest BCUT2D eigenvalue weighted by atomic mass is 16.4. The fraction of sp³-hybridized carbons (Fsp3) is 0.750. The van der Waals surface area contributed by atoms with Gasteiger partial charge in [0.2, 0.25) is 0 Å². The van der Waals surface area contributed by atoms with Crippen LogP contribution in [0.4, 0.5) is 0 Å². The predicted octanol–water partition coefficient (Wildman–Crippen LogP) is 7.93. The van der Waals surface area contributed by atoms with Crippen LogP contribution >= 0.6 is 0 Å². The summed E-state index contributed by atoms with van der Waals surface area (Å²) in [5.41, 5.74) is 0. The van der Waals surface area contributed by atoms with Gasteiger partial charge in [0, 0.05) is 12.8 Å². The number of rotatable bonds is 18. The minimum Gasteiger partial charge on any atom is -0.450 e. The van der Waals surface area contributed by atoms with E-state index in [0.29, 0.717) is 24.4 Å². The fourth-order valence-electron chi connectivity index (χ4n) is 3.37. The first-order chi connectivity index (χ1) is 13.2. The first-order valence-corrected chi connectivity index (χ1v) is 11.3. The summed E-state index contributed by atoms with van der Waals surface area (Å²) >= 11 is 0. The van der Waals surface area contributed by atoms with Crippen LogP contribution in [0.15, 0.2) is 16.5 Å². The molecule has 0 aliphatic heterocycles. The molecule has 0 atom stereocenters. The minimum absolute atomic E-state index is 0.0264. The lowest BCUT2D eigenvalue weighted by molar-refractivity contribution is 0.0928. The Hall–Kier alpha value is -1.38. The van der Waals surface area contributed by atoms with Crippen LogP contribution in [0.5, 0.6) is 0 Å². The van der Waals surface area contributed by atoms with Crippen molar-refractivity contribution in [1.29, 1.82) is 0 Å². The summed E-state index contributed by atoms with van der Waals surface area (Å²) in [6.07, 6.45) is 17.7. The molecule has 0 amide bonds. The van der Waals surface area contributed by atoms with Crippen LogP contribution in [0.1, 0.15) is 138 Å². The molecule has 0 fully saturated rings. The van der Waals surface area contributed by atoms with Gasteiger partial charge >= 0.3 is 0 Å². The molecule has 1 rings (SSSR count). The summed E-state index contributed by atoms with van der Waals surface area (Å²) < 4.78 is 5.53. The van der Waals surface area contributed by atoms with Crippen molar-refractivity contribution in [3.8, 4) is 0 Å². The molecular weight excluding hydrogens is 336 g/mol. The molecule has 0 radical (unpaired) electrons. The molecule has 0 N–H and O–H groups in total. The van der Waals surface area contributed by atoms with E-state index in [1.165, 1.54) is 64.2 Å². The normalized spacial score (nSPS) is 11.0. The molecule has 1 heterocycles. The molecule has 0 aliphatic carbocycles. The Morgan fingerprint density at radius 1 is 0.593 bits per heavy atom. The maximum atomic E-state index is 12.2. The summed E-state index contributed by atoms with van der Waals surface area (Å²) in [5, 5.41) is 0. The summed E-state index contributed by atoms with van der Waals surface area (Å²) in [5.74, 6) is 0.755. The number of ketones is 2. The number of carbonyl (C=O) groups is 2. The van der Waals surface area contributed by atoms with E-state index in [2.05, 4.69) is 13.8 Å². The van der Waals surface area contributed by atoms with E-state index < -0.39 is 0 Å². The molecule has 154 valence electrons. The lowest BCUT2D eigenvalue weighted by atomic mass is 10.1. The Bertz CT molecular complexity index is 471. The van der Waals surface area contributed by atoms with Gasteiger partial charge in [-0.25, -0.2) is 0 Å². The second-order valence-electron chi connectivity index (χ2n) is 7.75. The third-order valence-corrected chi connectivity index (χ3v) is 5.17. The van der Waals surface area contributed by atoms with Gasteiger partial charge in [-0.15, -0.1) is 0 Å². The molecule has 0 bridgehead atoms. The van der Waals surface area contributed by atoms with Crippen molar-refractivity contribution in [1.82, 2.24) is 0 Å². The van der Waals surface area contributed by atoms with Crippen LogP contribution in [0, 0.1) is 0 Å². The zero-order chi connectivity index (χ0) is 19.7. The number of hydrogen-bond acceptors (Lipinski definition) is 3. The van der Waals surface area contributed by atoms with Crippen molar-refractivity contribution in [3.63, 3.8) is 0 Å². The Kier molecular flexibility index (Phi) is 13.7. The molecule has 1 aromatic heterocycles. The summed E-state index contributed by atoms with van der Waals surface area (Å²) in [4.78, 5) is 24.4. The summed E-state index contributed by atoms with van der Waals surface area (Å²) in [6, 6.07) is 3.34. The Morgan fingerprint density at radius 2 is 0.926 bits per heavy atom. The highest BCUT2D eigenvalue weighted by Gasteiger charge is 2.15. The van der Waals surface area contributed by atoms with E-state index >= 15 is 0 Å².